The predicted octanol–water partition coefficient (Wildman–Crippen LogP) is 1.64. The number of aryl methyl sites for hydroxylation is 1. The summed E-state index contributed by atoms with van der Waals surface area (Å²) < 4.78 is 30.6. The topological polar surface area (TPSA) is 120 Å². The molecule has 1 fully saturated rings. The van der Waals surface area contributed by atoms with Gasteiger partial charge in [0.25, 0.3) is 5.56 Å². The second-order valence-corrected chi connectivity index (χ2v) is 9.03. The van der Waals surface area contributed by atoms with Gasteiger partial charge in [-0.05, 0) is 26.7 Å². The van der Waals surface area contributed by atoms with E-state index in [1.807, 2.05) is 13.8 Å². The highest BCUT2D eigenvalue weighted by molar-refractivity contribution is 7.53. The number of aromatic nitrogens is 2. The molecule has 27 heavy (non-hydrogen) atoms. The Kier molecular flexibility index (Phi) is 7.21. The fraction of sp³-hybridized carbons (Fsp3) is 0.765. The first kappa shape index (κ1) is 22.0. The molecule has 1 aliphatic rings. The van der Waals surface area contributed by atoms with E-state index < -0.39 is 37.3 Å². The van der Waals surface area contributed by atoms with Gasteiger partial charge in [-0.2, -0.15) is 0 Å². The maximum Gasteiger partial charge on any atom is 0.331 e. The van der Waals surface area contributed by atoms with Gasteiger partial charge < -0.3 is 18.9 Å². The van der Waals surface area contributed by atoms with Crippen LogP contribution >= 0.6 is 7.60 Å². The largest absolute Gasteiger partial charge is 0.388 e. The monoisotopic (exact) mass is 404 g/mol. The van der Waals surface area contributed by atoms with Crippen molar-refractivity contribution in [1.29, 1.82) is 0 Å². The Morgan fingerprint density at radius 3 is 2.48 bits per heavy atom. The highest BCUT2D eigenvalue weighted by Crippen LogP contribution is 2.51. The van der Waals surface area contributed by atoms with Crippen molar-refractivity contribution in [3.63, 3.8) is 0 Å². The summed E-state index contributed by atoms with van der Waals surface area (Å²) >= 11 is 0. The van der Waals surface area contributed by atoms with E-state index >= 15 is 0 Å². The molecule has 1 aromatic rings. The number of aromatic amines is 1. The van der Waals surface area contributed by atoms with Crippen LogP contribution < -0.4 is 11.2 Å². The average Bonchev–Trinajstić information content (AvgIpc) is 2.87. The SMILES string of the molecule is CCOP(=O)(CC(C)C1OC(n2cc(C)c(=O)[nH]c2=O)C(O)C1C)OCC. The number of hydrogen-bond acceptors (Lipinski definition) is 7. The van der Waals surface area contributed by atoms with Crippen LogP contribution in [-0.4, -0.2) is 46.2 Å². The van der Waals surface area contributed by atoms with Crippen molar-refractivity contribution in [3.05, 3.63) is 32.6 Å². The van der Waals surface area contributed by atoms with Crippen molar-refractivity contribution in [2.45, 2.75) is 53.1 Å². The van der Waals surface area contributed by atoms with Crippen LogP contribution in [0.2, 0.25) is 0 Å². The molecule has 1 saturated heterocycles. The van der Waals surface area contributed by atoms with Crippen molar-refractivity contribution in [1.82, 2.24) is 9.55 Å². The van der Waals surface area contributed by atoms with Gasteiger partial charge in [0.1, 0.15) is 6.10 Å². The van der Waals surface area contributed by atoms with Crippen molar-refractivity contribution in [2.75, 3.05) is 19.4 Å². The lowest BCUT2D eigenvalue weighted by molar-refractivity contribution is -0.0523. The summed E-state index contributed by atoms with van der Waals surface area (Å²) in [6.07, 6.45) is -0.838. The molecular weight excluding hydrogens is 375 g/mol. The molecule has 1 aliphatic heterocycles. The molecule has 154 valence electrons. The van der Waals surface area contributed by atoms with E-state index in [1.54, 1.807) is 20.8 Å². The predicted molar refractivity (Wildman–Crippen MR) is 100 cm³/mol. The summed E-state index contributed by atoms with van der Waals surface area (Å²) in [6, 6.07) is 0. The molecule has 0 spiro atoms. The second-order valence-electron chi connectivity index (χ2n) is 6.93. The molecule has 2 rings (SSSR count). The summed E-state index contributed by atoms with van der Waals surface area (Å²) in [4.78, 5) is 25.9. The Labute approximate surface area is 158 Å². The third-order valence-corrected chi connectivity index (χ3v) is 7.12. The van der Waals surface area contributed by atoms with Crippen LogP contribution in [0.5, 0.6) is 0 Å². The maximum absolute atomic E-state index is 12.8. The molecule has 0 aliphatic carbocycles. The van der Waals surface area contributed by atoms with Gasteiger partial charge in [-0.1, -0.05) is 13.8 Å². The fourth-order valence-electron chi connectivity index (χ4n) is 3.47. The highest BCUT2D eigenvalue weighted by atomic mass is 31.2. The zero-order valence-electron chi connectivity index (χ0n) is 16.4. The van der Waals surface area contributed by atoms with Crippen LogP contribution in [-0.2, 0) is 18.3 Å². The second kappa shape index (κ2) is 8.84. The zero-order chi connectivity index (χ0) is 20.4. The molecule has 9 nitrogen and oxygen atoms in total. The molecule has 2 heterocycles. The van der Waals surface area contributed by atoms with Gasteiger partial charge in [-0.15, -0.1) is 0 Å². The van der Waals surface area contributed by atoms with Crippen LogP contribution in [0.15, 0.2) is 15.8 Å². The van der Waals surface area contributed by atoms with Gasteiger partial charge >= 0.3 is 13.3 Å². The third kappa shape index (κ3) is 4.78. The van der Waals surface area contributed by atoms with Crippen LogP contribution in [0.3, 0.4) is 0 Å². The molecule has 10 heteroatoms. The van der Waals surface area contributed by atoms with Crippen molar-refractivity contribution in [2.24, 2.45) is 11.8 Å². The van der Waals surface area contributed by atoms with E-state index in [-0.39, 0.29) is 31.2 Å². The lowest BCUT2D eigenvalue weighted by atomic mass is 9.92. The van der Waals surface area contributed by atoms with Gasteiger partial charge in [0.15, 0.2) is 6.23 Å². The van der Waals surface area contributed by atoms with E-state index in [2.05, 4.69) is 4.98 Å². The minimum Gasteiger partial charge on any atom is -0.388 e. The van der Waals surface area contributed by atoms with Gasteiger partial charge in [0.05, 0.1) is 25.5 Å². The number of nitrogens with zero attached hydrogens (tertiary/aromatic N) is 1. The molecule has 0 bridgehead atoms. The van der Waals surface area contributed by atoms with Crippen LogP contribution in [0, 0.1) is 18.8 Å². The minimum absolute atomic E-state index is 0.142. The van der Waals surface area contributed by atoms with E-state index in [1.165, 1.54) is 10.8 Å². The quantitative estimate of drug-likeness (QED) is 0.632. The normalized spacial score (nSPS) is 27.0. The van der Waals surface area contributed by atoms with Gasteiger partial charge in [-0.3, -0.25) is 18.9 Å². The molecular formula is C17H29N2O7P. The highest BCUT2D eigenvalue weighted by Gasteiger charge is 2.46. The number of nitrogens with one attached hydrogen (secondary N) is 1. The first-order valence-corrected chi connectivity index (χ1v) is 10.9. The first-order chi connectivity index (χ1) is 12.6. The maximum atomic E-state index is 12.8. The zero-order valence-corrected chi connectivity index (χ0v) is 17.3. The van der Waals surface area contributed by atoms with Crippen molar-refractivity contribution in [3.8, 4) is 0 Å². The lowest BCUT2D eigenvalue weighted by Gasteiger charge is -2.26. The third-order valence-electron chi connectivity index (χ3n) is 4.79. The lowest BCUT2D eigenvalue weighted by Crippen LogP contribution is -2.37. The van der Waals surface area contributed by atoms with Gasteiger partial charge in [0.2, 0.25) is 0 Å². The molecule has 0 saturated carbocycles. The summed E-state index contributed by atoms with van der Waals surface area (Å²) in [5.41, 5.74) is -0.785. The molecule has 1 aromatic heterocycles. The number of hydrogen-bond donors (Lipinski definition) is 2. The average molecular weight is 404 g/mol. The van der Waals surface area contributed by atoms with Gasteiger partial charge in [-0.25, -0.2) is 4.79 Å². The molecule has 2 N–H and O–H groups in total. The van der Waals surface area contributed by atoms with E-state index in [9.17, 15) is 19.3 Å². The Balaban J connectivity index is 2.23. The number of rotatable bonds is 8. The summed E-state index contributed by atoms with van der Waals surface area (Å²) in [6.45, 7) is 9.25. The number of ether oxygens (including phenoxy) is 1. The molecule has 5 atom stereocenters. The van der Waals surface area contributed by atoms with Crippen LogP contribution in [0.25, 0.3) is 0 Å². The van der Waals surface area contributed by atoms with Gasteiger partial charge in [0, 0.05) is 17.7 Å². The Bertz CT molecular complexity index is 795. The first-order valence-electron chi connectivity index (χ1n) is 9.17. The Hall–Kier alpha value is -1.25. The fourth-order valence-corrected chi connectivity index (χ4v) is 5.46. The van der Waals surface area contributed by atoms with E-state index in [0.29, 0.717) is 5.56 Å². The standard InChI is InChI=1S/C17H29N2O7P/c1-6-24-27(23,25-7-2)9-11(4)14-12(5)13(20)16(26-14)19-8-10(3)15(21)18-17(19)22/h8,11-14,16,20H,6-7,9H2,1-5H3,(H,18,21,22). The molecule has 0 radical (unpaired) electrons. The summed E-state index contributed by atoms with van der Waals surface area (Å²) in [5, 5.41) is 10.6. The number of H-pyrrole nitrogens is 1. The van der Waals surface area contributed by atoms with Crippen molar-refractivity contribution < 1.29 is 23.5 Å². The van der Waals surface area contributed by atoms with E-state index in [4.69, 9.17) is 13.8 Å². The number of aliphatic hydroxyl groups excluding tert-OH is 1. The molecule has 0 aromatic carbocycles. The summed E-state index contributed by atoms with van der Waals surface area (Å²) in [5.74, 6) is -0.566. The van der Waals surface area contributed by atoms with E-state index in [0.717, 1.165) is 0 Å². The molecule has 5 unspecified atom stereocenters. The van der Waals surface area contributed by atoms with Crippen molar-refractivity contribution >= 4 is 7.60 Å². The minimum atomic E-state index is -3.27. The van der Waals surface area contributed by atoms with Crippen LogP contribution in [0.1, 0.15) is 39.5 Å². The number of aliphatic hydroxyl groups is 1. The Morgan fingerprint density at radius 2 is 1.93 bits per heavy atom. The summed E-state index contributed by atoms with van der Waals surface area (Å²) in [7, 11) is -3.27. The smallest absolute Gasteiger partial charge is 0.331 e. The Morgan fingerprint density at radius 1 is 1.33 bits per heavy atom. The van der Waals surface area contributed by atoms with Crippen LogP contribution in [0.4, 0.5) is 0 Å². The molecule has 0 amide bonds.